The van der Waals surface area contributed by atoms with Crippen molar-refractivity contribution >= 4 is 17.7 Å². The number of benzene rings is 1. The molecule has 0 bridgehead atoms. The molecule has 0 atom stereocenters. The summed E-state index contributed by atoms with van der Waals surface area (Å²) in [4.78, 5) is 10.8. The van der Waals surface area contributed by atoms with Crippen LogP contribution in [-0.4, -0.2) is 21.6 Å². The summed E-state index contributed by atoms with van der Waals surface area (Å²) in [6.45, 7) is 2.84. The zero-order valence-corrected chi connectivity index (χ0v) is 10.4. The molecule has 0 amide bonds. The van der Waals surface area contributed by atoms with Crippen LogP contribution in [0.5, 0.6) is 0 Å². The molecular formula is C12H14F2O2S. The van der Waals surface area contributed by atoms with Gasteiger partial charge in [-0.25, -0.2) is 8.78 Å². The predicted octanol–water partition coefficient (Wildman–Crippen LogP) is 3.37. The average Bonchev–Trinajstić information content (AvgIpc) is 2.28. The first-order valence-electron chi connectivity index (χ1n) is 5.06. The minimum atomic E-state index is -3.02. The highest BCUT2D eigenvalue weighted by molar-refractivity contribution is 8.01. The van der Waals surface area contributed by atoms with Crippen molar-refractivity contribution in [1.29, 1.82) is 0 Å². The molecule has 0 aliphatic carbocycles. The monoisotopic (exact) mass is 260 g/mol. The van der Waals surface area contributed by atoms with Crippen LogP contribution in [0, 0.1) is 0 Å². The number of halogens is 2. The van der Waals surface area contributed by atoms with Crippen molar-refractivity contribution < 1.29 is 18.7 Å². The Hall–Kier alpha value is -1.10. The second-order valence-electron chi connectivity index (χ2n) is 4.17. The smallest absolute Gasteiger partial charge is 0.319 e. The molecule has 2 nitrogen and oxygen atoms in total. The van der Waals surface area contributed by atoms with Crippen LogP contribution in [0.1, 0.15) is 19.4 Å². The number of thioether (sulfide) groups is 1. The van der Waals surface area contributed by atoms with Crippen molar-refractivity contribution in [3.63, 3.8) is 0 Å². The maximum atomic E-state index is 13.7. The summed E-state index contributed by atoms with van der Waals surface area (Å²) in [5.41, 5.74) is -0.0892. The third-order valence-corrected chi connectivity index (χ3v) is 3.73. The largest absolute Gasteiger partial charge is 0.480 e. The number of carboxylic acids is 1. The van der Waals surface area contributed by atoms with E-state index in [0.29, 0.717) is 0 Å². The van der Waals surface area contributed by atoms with E-state index in [1.165, 1.54) is 38.1 Å². The minimum Gasteiger partial charge on any atom is -0.480 e. The van der Waals surface area contributed by atoms with E-state index in [2.05, 4.69) is 0 Å². The second kappa shape index (κ2) is 5.04. The van der Waals surface area contributed by atoms with Crippen LogP contribution in [0.25, 0.3) is 0 Å². The molecule has 0 fully saturated rings. The first-order valence-corrected chi connectivity index (χ1v) is 6.05. The van der Waals surface area contributed by atoms with Crippen LogP contribution in [-0.2, 0) is 10.7 Å². The number of carbonyl (C=O) groups is 1. The van der Waals surface area contributed by atoms with Gasteiger partial charge >= 0.3 is 5.97 Å². The van der Waals surface area contributed by atoms with E-state index in [9.17, 15) is 13.6 Å². The fourth-order valence-corrected chi connectivity index (χ4v) is 1.93. The highest BCUT2D eigenvalue weighted by atomic mass is 32.2. The Bertz CT molecular complexity index is 391. The molecule has 0 spiro atoms. The Labute approximate surface area is 103 Å². The molecule has 1 N–H and O–H groups in total. The molecule has 0 heterocycles. The van der Waals surface area contributed by atoms with Gasteiger partial charge in [-0.15, -0.1) is 11.8 Å². The summed E-state index contributed by atoms with van der Waals surface area (Å²) in [6, 6.07) is 7.42. The topological polar surface area (TPSA) is 37.3 Å². The molecule has 0 radical (unpaired) electrons. The number of alkyl halides is 2. The van der Waals surface area contributed by atoms with Crippen molar-refractivity contribution in [3.05, 3.63) is 35.9 Å². The van der Waals surface area contributed by atoms with E-state index in [1.807, 2.05) is 0 Å². The van der Waals surface area contributed by atoms with E-state index >= 15 is 0 Å². The van der Waals surface area contributed by atoms with E-state index < -0.39 is 22.4 Å². The molecule has 0 saturated heterocycles. The number of hydrogen-bond donors (Lipinski definition) is 1. The molecule has 0 saturated carbocycles. The lowest BCUT2D eigenvalue weighted by molar-refractivity contribution is -0.138. The summed E-state index contributed by atoms with van der Waals surface area (Å²) < 4.78 is 26.3. The first kappa shape index (κ1) is 14.0. The van der Waals surface area contributed by atoms with Gasteiger partial charge in [0.25, 0.3) is 5.92 Å². The van der Waals surface area contributed by atoms with Crippen molar-refractivity contribution in [2.75, 3.05) is 5.75 Å². The van der Waals surface area contributed by atoms with Gasteiger partial charge < -0.3 is 5.11 Å². The highest BCUT2D eigenvalue weighted by Crippen LogP contribution is 2.36. The number of aliphatic carboxylic acids is 1. The van der Waals surface area contributed by atoms with Crippen LogP contribution >= 0.6 is 11.8 Å². The van der Waals surface area contributed by atoms with Crippen LogP contribution < -0.4 is 0 Å². The molecule has 1 rings (SSSR count). The van der Waals surface area contributed by atoms with Gasteiger partial charge in [-0.3, -0.25) is 4.79 Å². The lowest BCUT2D eigenvalue weighted by Crippen LogP contribution is -2.30. The van der Waals surface area contributed by atoms with Crippen LogP contribution in [0.15, 0.2) is 30.3 Å². The van der Waals surface area contributed by atoms with Gasteiger partial charge in [0.1, 0.15) is 4.75 Å². The molecule has 0 aliphatic rings. The summed E-state index contributed by atoms with van der Waals surface area (Å²) in [7, 11) is 0. The van der Waals surface area contributed by atoms with Gasteiger partial charge in [0.05, 0.1) is 5.75 Å². The zero-order chi connectivity index (χ0) is 13.1. The summed E-state index contributed by atoms with van der Waals surface area (Å²) in [6.07, 6.45) is 0. The maximum Gasteiger partial charge on any atom is 0.319 e. The number of hydrogen-bond acceptors (Lipinski definition) is 2. The number of carboxylic acid groups (broad SMARTS) is 1. The van der Waals surface area contributed by atoms with Gasteiger partial charge in [0.2, 0.25) is 0 Å². The highest BCUT2D eigenvalue weighted by Gasteiger charge is 2.37. The van der Waals surface area contributed by atoms with Crippen molar-refractivity contribution in [2.45, 2.75) is 24.5 Å². The van der Waals surface area contributed by atoms with Gasteiger partial charge in [-0.2, -0.15) is 0 Å². The molecule has 1 aromatic carbocycles. The molecular weight excluding hydrogens is 246 g/mol. The van der Waals surface area contributed by atoms with Crippen molar-refractivity contribution in [1.82, 2.24) is 0 Å². The average molecular weight is 260 g/mol. The van der Waals surface area contributed by atoms with Crippen molar-refractivity contribution in [3.8, 4) is 0 Å². The standard InChI is InChI=1S/C12H14F2O2S/c1-11(2,10(15)16)17-8-12(13,14)9-6-4-3-5-7-9/h3-7H,8H2,1-2H3,(H,15,16). The lowest BCUT2D eigenvalue weighted by Gasteiger charge is -2.23. The fourth-order valence-electron chi connectivity index (χ4n) is 1.10. The molecule has 1 aromatic rings. The normalized spacial score (nSPS) is 12.5. The molecule has 5 heteroatoms. The van der Waals surface area contributed by atoms with E-state index in [-0.39, 0.29) is 5.56 Å². The van der Waals surface area contributed by atoms with E-state index in [0.717, 1.165) is 11.8 Å². The van der Waals surface area contributed by atoms with Gasteiger partial charge in [0.15, 0.2) is 0 Å². The van der Waals surface area contributed by atoms with Gasteiger partial charge in [-0.1, -0.05) is 30.3 Å². The Morgan fingerprint density at radius 2 is 1.82 bits per heavy atom. The van der Waals surface area contributed by atoms with E-state index in [4.69, 9.17) is 5.11 Å². The quantitative estimate of drug-likeness (QED) is 0.882. The summed E-state index contributed by atoms with van der Waals surface area (Å²) >= 11 is 0.739. The summed E-state index contributed by atoms with van der Waals surface area (Å²) in [5, 5.41) is 8.84. The van der Waals surface area contributed by atoms with Gasteiger partial charge in [0, 0.05) is 5.56 Å². The zero-order valence-electron chi connectivity index (χ0n) is 9.61. The Morgan fingerprint density at radius 3 is 2.29 bits per heavy atom. The number of rotatable bonds is 5. The summed E-state index contributed by atoms with van der Waals surface area (Å²) in [5.74, 6) is -4.65. The van der Waals surface area contributed by atoms with E-state index in [1.54, 1.807) is 6.07 Å². The Balaban J connectivity index is 2.72. The molecule has 17 heavy (non-hydrogen) atoms. The van der Waals surface area contributed by atoms with Gasteiger partial charge in [-0.05, 0) is 13.8 Å². The second-order valence-corrected chi connectivity index (χ2v) is 5.77. The van der Waals surface area contributed by atoms with Crippen molar-refractivity contribution in [2.24, 2.45) is 0 Å². The van der Waals surface area contributed by atoms with Crippen LogP contribution in [0.4, 0.5) is 8.78 Å². The Morgan fingerprint density at radius 1 is 1.29 bits per heavy atom. The van der Waals surface area contributed by atoms with Crippen LogP contribution in [0.3, 0.4) is 0 Å². The van der Waals surface area contributed by atoms with Crippen LogP contribution in [0.2, 0.25) is 0 Å². The molecule has 0 aliphatic heterocycles. The Kier molecular flexibility index (Phi) is 4.14. The SMILES string of the molecule is CC(C)(SCC(F)(F)c1ccccc1)C(=O)O. The first-order chi connectivity index (χ1) is 7.76. The molecule has 0 aromatic heterocycles. The third-order valence-electron chi connectivity index (χ3n) is 2.33. The third kappa shape index (κ3) is 3.70. The predicted molar refractivity (Wildman–Crippen MR) is 64.5 cm³/mol. The fraction of sp³-hybridized carbons (Fsp3) is 0.417. The molecule has 94 valence electrons. The molecule has 0 unspecified atom stereocenters. The lowest BCUT2D eigenvalue weighted by atomic mass is 10.1. The maximum absolute atomic E-state index is 13.7. The minimum absolute atomic E-state index is 0.0892.